The number of hydrogen-bond donors (Lipinski definition) is 1. The molecule has 2 aromatic rings. The third-order valence-corrected chi connectivity index (χ3v) is 4.31. The molecule has 0 radical (unpaired) electrons. The summed E-state index contributed by atoms with van der Waals surface area (Å²) in [6.07, 6.45) is 1.59. The number of hydrogen-bond acceptors (Lipinski definition) is 5. The lowest BCUT2D eigenvalue weighted by Gasteiger charge is -2.38. The minimum absolute atomic E-state index is 0.203. The van der Waals surface area contributed by atoms with Gasteiger partial charge in [0.2, 0.25) is 0 Å². The van der Waals surface area contributed by atoms with E-state index in [1.165, 1.54) is 0 Å². The van der Waals surface area contributed by atoms with Crippen LogP contribution in [-0.4, -0.2) is 58.8 Å². The van der Waals surface area contributed by atoms with Gasteiger partial charge in [-0.15, -0.1) is 0 Å². The van der Waals surface area contributed by atoms with Gasteiger partial charge in [0.15, 0.2) is 0 Å². The Morgan fingerprint density at radius 2 is 2.00 bits per heavy atom. The molecule has 0 spiro atoms. The van der Waals surface area contributed by atoms with E-state index in [2.05, 4.69) is 26.7 Å². The van der Waals surface area contributed by atoms with Crippen LogP contribution in [0, 0.1) is 0 Å². The molecule has 0 aliphatic carbocycles. The summed E-state index contributed by atoms with van der Waals surface area (Å²) in [5, 5.41) is 11.0. The van der Waals surface area contributed by atoms with E-state index < -0.39 is 0 Å². The second-order valence-corrected chi connectivity index (χ2v) is 5.85. The van der Waals surface area contributed by atoms with Crippen molar-refractivity contribution in [3.63, 3.8) is 0 Å². The fourth-order valence-corrected chi connectivity index (χ4v) is 2.92. The summed E-state index contributed by atoms with van der Waals surface area (Å²) >= 11 is 6.02. The van der Waals surface area contributed by atoms with Crippen molar-refractivity contribution < 1.29 is 5.11 Å². The molecule has 2 heterocycles. The van der Waals surface area contributed by atoms with Gasteiger partial charge in [-0.3, -0.25) is 4.90 Å². The van der Waals surface area contributed by atoms with Gasteiger partial charge in [-0.1, -0.05) is 11.6 Å². The Kier molecular flexibility index (Phi) is 4.24. The second-order valence-electron chi connectivity index (χ2n) is 5.41. The lowest BCUT2D eigenvalue weighted by molar-refractivity contribution is 0.128. The van der Waals surface area contributed by atoms with Crippen molar-refractivity contribution in [1.82, 2.24) is 14.9 Å². The van der Waals surface area contributed by atoms with E-state index >= 15 is 0 Å². The molecule has 112 valence electrons. The fraction of sp³-hybridized carbons (Fsp3) is 0.467. The van der Waals surface area contributed by atoms with E-state index in [0.29, 0.717) is 5.02 Å². The van der Waals surface area contributed by atoms with Gasteiger partial charge in [0.05, 0.1) is 12.1 Å². The molecular formula is C15H19ClN4O. The molecule has 0 amide bonds. The largest absolute Gasteiger partial charge is 0.395 e. The lowest BCUT2D eigenvalue weighted by atomic mass is 10.2. The Morgan fingerprint density at radius 1 is 1.24 bits per heavy atom. The summed E-state index contributed by atoms with van der Waals surface area (Å²) in [5.74, 6) is 0.966. The minimum atomic E-state index is 0.203. The molecule has 1 aromatic carbocycles. The summed E-state index contributed by atoms with van der Waals surface area (Å²) < 4.78 is 0. The van der Waals surface area contributed by atoms with E-state index in [4.69, 9.17) is 11.6 Å². The van der Waals surface area contributed by atoms with E-state index in [9.17, 15) is 5.11 Å². The first-order chi connectivity index (χ1) is 10.2. The normalized spacial score (nSPS) is 18.1. The topological polar surface area (TPSA) is 52.5 Å². The van der Waals surface area contributed by atoms with Gasteiger partial charge in [0, 0.05) is 42.6 Å². The predicted octanol–water partition coefficient (Wildman–Crippen LogP) is 1.79. The SMILES string of the molecule is CC(CO)N1CCN(c2ncnc3cc(Cl)ccc23)CC1. The summed E-state index contributed by atoms with van der Waals surface area (Å²) in [6, 6.07) is 5.94. The molecule has 1 aliphatic heterocycles. The third kappa shape index (κ3) is 2.95. The van der Waals surface area contributed by atoms with E-state index in [1.54, 1.807) is 6.33 Å². The van der Waals surface area contributed by atoms with Crippen molar-refractivity contribution in [2.45, 2.75) is 13.0 Å². The number of aliphatic hydroxyl groups is 1. The molecule has 5 nitrogen and oxygen atoms in total. The Hall–Kier alpha value is -1.43. The first-order valence-electron chi connectivity index (χ1n) is 7.19. The zero-order valence-electron chi connectivity index (χ0n) is 12.0. The molecule has 0 bridgehead atoms. The van der Waals surface area contributed by atoms with E-state index in [0.717, 1.165) is 42.9 Å². The van der Waals surface area contributed by atoms with Crippen LogP contribution in [0.1, 0.15) is 6.92 Å². The quantitative estimate of drug-likeness (QED) is 0.937. The standard InChI is InChI=1S/C15H19ClN4O/c1-11(9-21)19-4-6-20(7-5-19)15-13-3-2-12(16)8-14(13)17-10-18-15/h2-3,8,10-11,21H,4-7,9H2,1H3. The molecule has 1 N–H and O–H groups in total. The Morgan fingerprint density at radius 3 is 2.71 bits per heavy atom. The number of aromatic nitrogens is 2. The van der Waals surface area contributed by atoms with Crippen LogP contribution in [0.15, 0.2) is 24.5 Å². The summed E-state index contributed by atoms with van der Waals surface area (Å²) in [6.45, 7) is 5.92. The number of fused-ring (bicyclic) bond motifs is 1. The maximum absolute atomic E-state index is 9.25. The molecule has 1 atom stereocenters. The van der Waals surface area contributed by atoms with Gasteiger partial charge in [0.25, 0.3) is 0 Å². The maximum Gasteiger partial charge on any atom is 0.139 e. The molecule has 1 unspecified atom stereocenters. The van der Waals surface area contributed by atoms with Gasteiger partial charge >= 0.3 is 0 Å². The van der Waals surface area contributed by atoms with Gasteiger partial charge in [0.1, 0.15) is 12.1 Å². The van der Waals surface area contributed by atoms with Gasteiger partial charge in [-0.05, 0) is 25.1 Å². The highest BCUT2D eigenvalue weighted by atomic mass is 35.5. The number of halogens is 1. The average molecular weight is 307 g/mol. The van der Waals surface area contributed by atoms with Crippen LogP contribution in [0.4, 0.5) is 5.82 Å². The highest BCUT2D eigenvalue weighted by Crippen LogP contribution is 2.26. The molecule has 1 saturated heterocycles. The van der Waals surface area contributed by atoms with E-state index in [1.807, 2.05) is 18.2 Å². The van der Waals surface area contributed by atoms with Crippen molar-refractivity contribution in [1.29, 1.82) is 0 Å². The van der Waals surface area contributed by atoms with Crippen molar-refractivity contribution in [3.8, 4) is 0 Å². The molecule has 1 fully saturated rings. The van der Waals surface area contributed by atoms with Crippen LogP contribution >= 0.6 is 11.6 Å². The molecule has 0 saturated carbocycles. The predicted molar refractivity (Wildman–Crippen MR) is 84.9 cm³/mol. The van der Waals surface area contributed by atoms with Crippen molar-refractivity contribution in [3.05, 3.63) is 29.5 Å². The number of benzene rings is 1. The number of rotatable bonds is 3. The van der Waals surface area contributed by atoms with Crippen LogP contribution in [0.3, 0.4) is 0 Å². The minimum Gasteiger partial charge on any atom is -0.395 e. The molecule has 1 aliphatic rings. The smallest absolute Gasteiger partial charge is 0.139 e. The first-order valence-corrected chi connectivity index (χ1v) is 7.57. The lowest BCUT2D eigenvalue weighted by Crippen LogP contribution is -2.50. The first kappa shape index (κ1) is 14.5. The summed E-state index contributed by atoms with van der Waals surface area (Å²) in [7, 11) is 0. The summed E-state index contributed by atoms with van der Waals surface area (Å²) in [5.41, 5.74) is 0.874. The molecule has 6 heteroatoms. The molecular weight excluding hydrogens is 288 g/mol. The van der Waals surface area contributed by atoms with Gasteiger partial charge < -0.3 is 10.0 Å². The molecule has 1 aromatic heterocycles. The van der Waals surface area contributed by atoms with Crippen LogP contribution < -0.4 is 4.90 Å². The molecule has 21 heavy (non-hydrogen) atoms. The molecule has 3 rings (SSSR count). The average Bonchev–Trinajstić information content (AvgIpc) is 2.53. The third-order valence-electron chi connectivity index (χ3n) is 4.08. The summed E-state index contributed by atoms with van der Waals surface area (Å²) in [4.78, 5) is 13.3. The zero-order chi connectivity index (χ0) is 14.8. The zero-order valence-corrected chi connectivity index (χ0v) is 12.8. The van der Waals surface area contributed by atoms with Gasteiger partial charge in [-0.2, -0.15) is 0 Å². The Labute approximate surface area is 129 Å². The van der Waals surface area contributed by atoms with Crippen molar-refractivity contribution in [2.75, 3.05) is 37.7 Å². The van der Waals surface area contributed by atoms with Crippen molar-refractivity contribution >= 4 is 28.3 Å². The van der Waals surface area contributed by atoms with Crippen molar-refractivity contribution in [2.24, 2.45) is 0 Å². The maximum atomic E-state index is 9.25. The van der Waals surface area contributed by atoms with Crippen LogP contribution in [0.25, 0.3) is 10.9 Å². The monoisotopic (exact) mass is 306 g/mol. The van der Waals surface area contributed by atoms with Crippen LogP contribution in [-0.2, 0) is 0 Å². The van der Waals surface area contributed by atoms with E-state index in [-0.39, 0.29) is 12.6 Å². The fourth-order valence-electron chi connectivity index (χ4n) is 2.76. The highest BCUT2D eigenvalue weighted by Gasteiger charge is 2.22. The number of piperazine rings is 1. The number of nitrogens with zero attached hydrogens (tertiary/aromatic N) is 4. The Balaban J connectivity index is 1.82. The van der Waals surface area contributed by atoms with Crippen LogP contribution in [0.5, 0.6) is 0 Å². The second kappa shape index (κ2) is 6.13. The highest BCUT2D eigenvalue weighted by molar-refractivity contribution is 6.31. The Bertz CT molecular complexity index is 628. The number of anilines is 1. The van der Waals surface area contributed by atoms with Crippen LogP contribution in [0.2, 0.25) is 5.02 Å². The van der Waals surface area contributed by atoms with Gasteiger partial charge in [-0.25, -0.2) is 9.97 Å². The number of aliphatic hydroxyl groups excluding tert-OH is 1.